The minimum absolute atomic E-state index is 0.0703. The number of benzene rings is 1. The van der Waals surface area contributed by atoms with Crippen LogP contribution in [0.15, 0.2) is 34.1 Å². The van der Waals surface area contributed by atoms with E-state index < -0.39 is 20.0 Å². The fourth-order valence-electron chi connectivity index (χ4n) is 4.12. The van der Waals surface area contributed by atoms with E-state index in [-0.39, 0.29) is 15.8 Å². The van der Waals surface area contributed by atoms with Crippen molar-refractivity contribution in [3.8, 4) is 0 Å². The van der Waals surface area contributed by atoms with Crippen LogP contribution in [0, 0.1) is 17.8 Å². The molecule has 0 aromatic heterocycles. The molecule has 4 atom stereocenters. The van der Waals surface area contributed by atoms with Crippen molar-refractivity contribution in [3.05, 3.63) is 24.3 Å². The summed E-state index contributed by atoms with van der Waals surface area (Å²) in [6.45, 7) is 1.90. The molecule has 0 radical (unpaired) electrons. The second-order valence-electron chi connectivity index (χ2n) is 6.77. The molecule has 6 nitrogen and oxygen atoms in total. The minimum Gasteiger partial charge on any atom is -0.225 e. The van der Waals surface area contributed by atoms with E-state index in [9.17, 15) is 16.8 Å². The van der Waals surface area contributed by atoms with Gasteiger partial charge in [0.2, 0.25) is 20.0 Å². The second kappa shape index (κ2) is 5.84. The molecule has 0 amide bonds. The average Bonchev–Trinajstić information content (AvgIpc) is 3.09. The summed E-state index contributed by atoms with van der Waals surface area (Å²) in [4.78, 5) is -0.271. The van der Waals surface area contributed by atoms with E-state index in [1.165, 1.54) is 37.5 Å². The van der Waals surface area contributed by atoms with Crippen LogP contribution in [0.5, 0.6) is 0 Å². The molecule has 0 spiro atoms. The molecule has 2 aliphatic rings. The number of hydrogen-bond donors (Lipinski definition) is 2. The maximum Gasteiger partial charge on any atom is 0.240 e. The number of fused-ring (bicyclic) bond motifs is 2. The Bertz CT molecular complexity index is 805. The molecule has 1 aromatic carbocycles. The van der Waals surface area contributed by atoms with Crippen molar-refractivity contribution in [1.29, 1.82) is 0 Å². The molecular weight excluding hydrogens is 336 g/mol. The first-order valence-electron chi connectivity index (χ1n) is 7.82. The zero-order chi connectivity index (χ0) is 16.8. The van der Waals surface area contributed by atoms with E-state index in [1.54, 1.807) is 0 Å². The molecule has 2 fully saturated rings. The van der Waals surface area contributed by atoms with E-state index >= 15 is 0 Å². The topological polar surface area (TPSA) is 106 Å². The Kier molecular flexibility index (Phi) is 4.29. The van der Waals surface area contributed by atoms with Gasteiger partial charge in [-0.05, 0) is 62.1 Å². The number of primary sulfonamides is 1. The van der Waals surface area contributed by atoms with Gasteiger partial charge in [-0.3, -0.25) is 0 Å². The van der Waals surface area contributed by atoms with Crippen LogP contribution in [-0.2, 0) is 20.0 Å². The lowest BCUT2D eigenvalue weighted by Crippen LogP contribution is -2.40. The molecule has 2 bridgehead atoms. The van der Waals surface area contributed by atoms with Crippen LogP contribution in [0.25, 0.3) is 0 Å². The van der Waals surface area contributed by atoms with Crippen LogP contribution in [0.2, 0.25) is 0 Å². The zero-order valence-corrected chi connectivity index (χ0v) is 14.6. The van der Waals surface area contributed by atoms with Gasteiger partial charge in [-0.15, -0.1) is 0 Å². The molecule has 3 rings (SSSR count). The van der Waals surface area contributed by atoms with Gasteiger partial charge in [0, 0.05) is 6.04 Å². The van der Waals surface area contributed by atoms with Crippen LogP contribution in [0.4, 0.5) is 0 Å². The quantitative estimate of drug-likeness (QED) is 0.830. The van der Waals surface area contributed by atoms with Crippen LogP contribution < -0.4 is 9.86 Å². The van der Waals surface area contributed by atoms with Crippen molar-refractivity contribution in [1.82, 2.24) is 4.72 Å². The van der Waals surface area contributed by atoms with E-state index in [0.29, 0.717) is 11.8 Å². The molecule has 2 aliphatic carbocycles. The van der Waals surface area contributed by atoms with Crippen molar-refractivity contribution >= 4 is 20.0 Å². The van der Waals surface area contributed by atoms with Crippen LogP contribution in [0.3, 0.4) is 0 Å². The third-order valence-corrected chi connectivity index (χ3v) is 7.69. The second-order valence-corrected chi connectivity index (χ2v) is 10.0. The Hall–Kier alpha value is -0.960. The Morgan fingerprint density at radius 3 is 2.39 bits per heavy atom. The van der Waals surface area contributed by atoms with E-state index in [4.69, 9.17) is 5.14 Å². The number of sulfonamides is 2. The molecule has 1 aromatic rings. The van der Waals surface area contributed by atoms with E-state index in [1.807, 2.05) is 6.92 Å². The molecule has 0 unspecified atom stereocenters. The normalized spacial score (nSPS) is 28.9. The standard InChI is InChI=1S/C15H22N2O4S2/c1-10(15-8-11-5-6-12(15)7-11)17-23(20,21)14-4-2-3-13(9-14)22(16,18)19/h2-4,9-12,15,17H,5-8H2,1H3,(H2,16,18,19)/t10-,11-,12-,15-/m0/s1. The van der Waals surface area contributed by atoms with Gasteiger partial charge in [0.25, 0.3) is 0 Å². The summed E-state index contributed by atoms with van der Waals surface area (Å²) in [6.07, 6.45) is 4.72. The molecule has 3 N–H and O–H groups in total. The SMILES string of the molecule is C[C@H](NS(=O)(=O)c1cccc(S(N)(=O)=O)c1)[C@@H]1C[C@H]2CC[C@H]1C2. The Labute approximate surface area is 137 Å². The summed E-state index contributed by atoms with van der Waals surface area (Å²) >= 11 is 0. The summed E-state index contributed by atoms with van der Waals surface area (Å²) in [5.41, 5.74) is 0. The first-order chi connectivity index (χ1) is 10.7. The lowest BCUT2D eigenvalue weighted by Gasteiger charge is -2.28. The van der Waals surface area contributed by atoms with Crippen molar-refractivity contribution in [3.63, 3.8) is 0 Å². The Morgan fingerprint density at radius 2 is 1.83 bits per heavy atom. The van der Waals surface area contributed by atoms with Gasteiger partial charge in [-0.25, -0.2) is 26.7 Å². The highest BCUT2D eigenvalue weighted by Crippen LogP contribution is 2.49. The van der Waals surface area contributed by atoms with Gasteiger partial charge in [0.1, 0.15) is 0 Å². The summed E-state index contributed by atoms with van der Waals surface area (Å²) in [5.74, 6) is 1.71. The number of nitrogens with one attached hydrogen (secondary N) is 1. The molecule has 23 heavy (non-hydrogen) atoms. The molecular formula is C15H22N2O4S2. The fourth-order valence-corrected chi connectivity index (χ4v) is 6.10. The Morgan fingerprint density at radius 1 is 1.13 bits per heavy atom. The predicted molar refractivity (Wildman–Crippen MR) is 86.5 cm³/mol. The molecule has 0 heterocycles. The number of rotatable bonds is 5. The largest absolute Gasteiger partial charge is 0.240 e. The van der Waals surface area contributed by atoms with Gasteiger partial charge in [0.05, 0.1) is 9.79 Å². The van der Waals surface area contributed by atoms with Crippen molar-refractivity contribution < 1.29 is 16.8 Å². The number of nitrogens with two attached hydrogens (primary N) is 1. The maximum atomic E-state index is 12.5. The molecule has 8 heteroatoms. The smallest absolute Gasteiger partial charge is 0.225 e. The lowest BCUT2D eigenvalue weighted by atomic mass is 9.84. The van der Waals surface area contributed by atoms with Crippen molar-refractivity contribution in [2.24, 2.45) is 22.9 Å². The van der Waals surface area contributed by atoms with E-state index in [2.05, 4.69) is 4.72 Å². The highest BCUT2D eigenvalue weighted by atomic mass is 32.2. The summed E-state index contributed by atoms with van der Waals surface area (Å²) in [6, 6.07) is 4.99. The third kappa shape index (κ3) is 3.45. The van der Waals surface area contributed by atoms with Gasteiger partial charge >= 0.3 is 0 Å². The number of hydrogen-bond acceptors (Lipinski definition) is 4. The summed E-state index contributed by atoms with van der Waals surface area (Å²) < 4.78 is 50.6. The average molecular weight is 358 g/mol. The third-order valence-electron chi connectivity index (χ3n) is 5.22. The van der Waals surface area contributed by atoms with Gasteiger partial charge < -0.3 is 0 Å². The summed E-state index contributed by atoms with van der Waals surface area (Å²) in [5, 5.41) is 5.07. The van der Waals surface area contributed by atoms with Crippen LogP contribution >= 0.6 is 0 Å². The first kappa shape index (κ1) is 16.9. The van der Waals surface area contributed by atoms with Gasteiger partial charge in [-0.2, -0.15) is 0 Å². The van der Waals surface area contributed by atoms with Gasteiger partial charge in [0.15, 0.2) is 0 Å². The maximum absolute atomic E-state index is 12.5. The van der Waals surface area contributed by atoms with Crippen molar-refractivity contribution in [2.75, 3.05) is 0 Å². The Balaban J connectivity index is 1.79. The lowest BCUT2D eigenvalue weighted by molar-refractivity contribution is 0.280. The molecule has 128 valence electrons. The first-order valence-corrected chi connectivity index (χ1v) is 10.8. The predicted octanol–water partition coefficient (Wildman–Crippen LogP) is 1.44. The highest BCUT2D eigenvalue weighted by Gasteiger charge is 2.42. The highest BCUT2D eigenvalue weighted by molar-refractivity contribution is 7.90. The monoisotopic (exact) mass is 358 g/mol. The van der Waals surface area contributed by atoms with Crippen molar-refractivity contribution in [2.45, 2.75) is 48.4 Å². The minimum atomic E-state index is -3.93. The van der Waals surface area contributed by atoms with Gasteiger partial charge in [-0.1, -0.05) is 12.5 Å². The molecule has 0 aliphatic heterocycles. The van der Waals surface area contributed by atoms with Crippen LogP contribution in [-0.4, -0.2) is 22.9 Å². The van der Waals surface area contributed by atoms with E-state index in [0.717, 1.165) is 18.4 Å². The van der Waals surface area contributed by atoms with Crippen LogP contribution in [0.1, 0.15) is 32.6 Å². The fraction of sp³-hybridized carbons (Fsp3) is 0.600. The summed E-state index contributed by atoms with van der Waals surface area (Å²) in [7, 11) is -7.70. The zero-order valence-electron chi connectivity index (χ0n) is 13.0. The molecule has 2 saturated carbocycles. The molecule has 0 saturated heterocycles.